The molecule has 2 heterocycles. The van der Waals surface area contributed by atoms with Crippen molar-refractivity contribution in [3.05, 3.63) is 26.7 Å². The van der Waals surface area contributed by atoms with Gasteiger partial charge in [0.05, 0.1) is 13.2 Å². The molecule has 2 aromatic rings. The quantitative estimate of drug-likeness (QED) is 0.876. The predicted octanol–water partition coefficient (Wildman–Crippen LogP) is 1.60. The van der Waals surface area contributed by atoms with Crippen LogP contribution < -0.4 is 11.2 Å². The van der Waals surface area contributed by atoms with E-state index in [0.717, 1.165) is 25.1 Å². The maximum atomic E-state index is 12.6. The fourth-order valence-electron chi connectivity index (χ4n) is 3.38. The van der Waals surface area contributed by atoms with Crippen LogP contribution in [0.4, 0.5) is 0 Å². The number of hydrogen-bond acceptors (Lipinski definition) is 4. The van der Waals surface area contributed by atoms with Gasteiger partial charge in [-0.2, -0.15) is 0 Å². The zero-order valence-corrected chi connectivity index (χ0v) is 13.8. The van der Waals surface area contributed by atoms with Crippen molar-refractivity contribution in [3.63, 3.8) is 0 Å². The molecule has 1 N–H and O–H groups in total. The molecule has 7 nitrogen and oxygen atoms in total. The first-order valence-corrected chi connectivity index (χ1v) is 8.39. The number of rotatable bonds is 6. The van der Waals surface area contributed by atoms with Gasteiger partial charge in [0.1, 0.15) is 11.3 Å². The molecular formula is C16H24N4O3. The maximum absolute atomic E-state index is 12.6. The summed E-state index contributed by atoms with van der Waals surface area (Å²) in [5.41, 5.74) is 0.338. The Morgan fingerprint density at radius 2 is 1.96 bits per heavy atom. The van der Waals surface area contributed by atoms with E-state index in [1.54, 1.807) is 11.7 Å². The largest absolute Gasteiger partial charge is 0.383 e. The molecule has 0 unspecified atom stereocenters. The van der Waals surface area contributed by atoms with E-state index >= 15 is 0 Å². The molecule has 0 saturated heterocycles. The lowest BCUT2D eigenvalue weighted by atomic mass is 10.1. The summed E-state index contributed by atoms with van der Waals surface area (Å²) >= 11 is 0. The third kappa shape index (κ3) is 2.85. The zero-order valence-electron chi connectivity index (χ0n) is 13.8. The van der Waals surface area contributed by atoms with E-state index in [1.807, 2.05) is 6.92 Å². The number of methoxy groups -OCH3 is 1. The van der Waals surface area contributed by atoms with Gasteiger partial charge in [0.25, 0.3) is 5.56 Å². The molecule has 126 valence electrons. The van der Waals surface area contributed by atoms with Gasteiger partial charge in [-0.3, -0.25) is 13.9 Å². The van der Waals surface area contributed by atoms with Gasteiger partial charge in [-0.05, 0) is 19.3 Å². The van der Waals surface area contributed by atoms with Crippen LogP contribution in [0.5, 0.6) is 0 Å². The Hall–Kier alpha value is -1.89. The summed E-state index contributed by atoms with van der Waals surface area (Å²) in [5.74, 6) is 1.21. The van der Waals surface area contributed by atoms with E-state index in [-0.39, 0.29) is 11.2 Å². The molecule has 0 aliphatic heterocycles. The lowest BCUT2D eigenvalue weighted by Gasteiger charge is -2.09. The molecule has 0 bridgehead atoms. The number of hydrogen-bond donors (Lipinski definition) is 1. The predicted molar refractivity (Wildman–Crippen MR) is 88.0 cm³/mol. The molecule has 7 heteroatoms. The topological polar surface area (TPSA) is 81.9 Å². The third-order valence-electron chi connectivity index (χ3n) is 4.59. The van der Waals surface area contributed by atoms with E-state index < -0.39 is 0 Å². The Labute approximate surface area is 134 Å². The van der Waals surface area contributed by atoms with Crippen LogP contribution >= 0.6 is 0 Å². The second kappa shape index (κ2) is 6.70. The van der Waals surface area contributed by atoms with E-state index in [2.05, 4.69) is 9.97 Å². The van der Waals surface area contributed by atoms with Crippen LogP contribution in [-0.2, 0) is 17.8 Å². The van der Waals surface area contributed by atoms with Crippen LogP contribution in [0.15, 0.2) is 9.59 Å². The summed E-state index contributed by atoms with van der Waals surface area (Å²) in [5, 5.41) is 0. The summed E-state index contributed by atoms with van der Waals surface area (Å²) in [6.07, 6.45) is 5.29. The molecule has 0 aromatic carbocycles. The summed E-state index contributed by atoms with van der Waals surface area (Å²) < 4.78 is 7.96. The van der Waals surface area contributed by atoms with Crippen molar-refractivity contribution in [3.8, 4) is 0 Å². The molecule has 0 radical (unpaired) electrons. The van der Waals surface area contributed by atoms with E-state index in [4.69, 9.17) is 4.74 Å². The number of aromatic amines is 1. The van der Waals surface area contributed by atoms with Crippen molar-refractivity contribution in [2.24, 2.45) is 0 Å². The van der Waals surface area contributed by atoms with Crippen LogP contribution in [0.25, 0.3) is 11.2 Å². The first-order valence-electron chi connectivity index (χ1n) is 8.39. The van der Waals surface area contributed by atoms with Gasteiger partial charge in [-0.1, -0.05) is 19.8 Å². The van der Waals surface area contributed by atoms with E-state index in [9.17, 15) is 9.59 Å². The maximum Gasteiger partial charge on any atom is 0.332 e. The fraction of sp³-hybridized carbons (Fsp3) is 0.688. The van der Waals surface area contributed by atoms with Gasteiger partial charge in [-0.15, -0.1) is 0 Å². The first kappa shape index (κ1) is 16.0. The molecule has 1 aliphatic carbocycles. The van der Waals surface area contributed by atoms with Crippen molar-refractivity contribution in [1.29, 1.82) is 0 Å². The molecular weight excluding hydrogens is 296 g/mol. The van der Waals surface area contributed by atoms with E-state index in [0.29, 0.717) is 36.8 Å². The highest BCUT2D eigenvalue weighted by Gasteiger charge is 2.23. The zero-order chi connectivity index (χ0) is 16.4. The SMILES string of the molecule is CCCn1c(=O)c2[nH]c(C3CCCC3)nc2n(CCOC)c1=O. The molecule has 23 heavy (non-hydrogen) atoms. The minimum atomic E-state index is -0.300. The Balaban J connectivity index is 2.19. The third-order valence-corrected chi connectivity index (χ3v) is 4.59. The van der Waals surface area contributed by atoms with Crippen LogP contribution in [0, 0.1) is 0 Å². The van der Waals surface area contributed by atoms with Gasteiger partial charge < -0.3 is 9.72 Å². The average Bonchev–Trinajstić information content (AvgIpc) is 3.20. The molecule has 3 rings (SSSR count). The van der Waals surface area contributed by atoms with Crippen LogP contribution in [-0.4, -0.2) is 32.8 Å². The molecule has 0 spiro atoms. The number of nitrogens with zero attached hydrogens (tertiary/aromatic N) is 3. The summed E-state index contributed by atoms with van der Waals surface area (Å²) in [4.78, 5) is 33.1. The lowest BCUT2D eigenvalue weighted by molar-refractivity contribution is 0.186. The average molecular weight is 320 g/mol. The normalized spacial score (nSPS) is 15.7. The van der Waals surface area contributed by atoms with Gasteiger partial charge in [-0.25, -0.2) is 9.78 Å². The van der Waals surface area contributed by atoms with Gasteiger partial charge in [0, 0.05) is 19.6 Å². The lowest BCUT2D eigenvalue weighted by Crippen LogP contribution is -2.40. The Morgan fingerprint density at radius 1 is 1.22 bits per heavy atom. The number of H-pyrrole nitrogens is 1. The number of nitrogens with one attached hydrogen (secondary N) is 1. The Kier molecular flexibility index (Phi) is 4.66. The smallest absolute Gasteiger partial charge is 0.332 e. The molecule has 0 amide bonds. The molecule has 1 saturated carbocycles. The van der Waals surface area contributed by atoms with Crippen molar-refractivity contribution in [2.75, 3.05) is 13.7 Å². The first-order chi connectivity index (χ1) is 11.2. The van der Waals surface area contributed by atoms with Crippen LogP contribution in [0.3, 0.4) is 0 Å². The Morgan fingerprint density at radius 3 is 2.61 bits per heavy atom. The number of ether oxygens (including phenoxy) is 1. The van der Waals surface area contributed by atoms with Crippen molar-refractivity contribution < 1.29 is 4.74 Å². The van der Waals surface area contributed by atoms with Crippen molar-refractivity contribution >= 4 is 11.2 Å². The minimum absolute atomic E-state index is 0.266. The van der Waals surface area contributed by atoms with Crippen LogP contribution in [0.2, 0.25) is 0 Å². The highest BCUT2D eigenvalue weighted by molar-refractivity contribution is 5.70. The highest BCUT2D eigenvalue weighted by atomic mass is 16.5. The van der Waals surface area contributed by atoms with Crippen molar-refractivity contribution in [1.82, 2.24) is 19.1 Å². The molecule has 2 aromatic heterocycles. The number of fused-ring (bicyclic) bond motifs is 1. The summed E-state index contributed by atoms with van der Waals surface area (Å²) in [6.45, 7) is 3.17. The van der Waals surface area contributed by atoms with Crippen LogP contribution in [0.1, 0.15) is 50.8 Å². The van der Waals surface area contributed by atoms with Gasteiger partial charge in [0.2, 0.25) is 0 Å². The van der Waals surface area contributed by atoms with Gasteiger partial charge >= 0.3 is 5.69 Å². The standard InChI is InChI=1S/C16H24N4O3/c1-3-8-20-15(21)12-14(19(16(20)22)9-10-23-2)18-13(17-12)11-6-4-5-7-11/h11H,3-10H2,1-2H3,(H,17,18). The highest BCUT2D eigenvalue weighted by Crippen LogP contribution is 2.32. The molecule has 1 fully saturated rings. The molecule has 0 atom stereocenters. The minimum Gasteiger partial charge on any atom is -0.383 e. The fourth-order valence-corrected chi connectivity index (χ4v) is 3.38. The molecule has 1 aliphatic rings. The summed E-state index contributed by atoms with van der Waals surface area (Å²) in [7, 11) is 1.60. The Bertz CT molecular complexity index is 796. The number of imidazole rings is 1. The van der Waals surface area contributed by atoms with E-state index in [1.165, 1.54) is 17.4 Å². The second-order valence-corrected chi connectivity index (χ2v) is 6.19. The second-order valence-electron chi connectivity index (χ2n) is 6.19. The summed E-state index contributed by atoms with van der Waals surface area (Å²) in [6, 6.07) is 0. The van der Waals surface area contributed by atoms with Gasteiger partial charge in [0.15, 0.2) is 5.65 Å². The van der Waals surface area contributed by atoms with Crippen molar-refractivity contribution in [2.45, 2.75) is 58.0 Å². The monoisotopic (exact) mass is 320 g/mol. The number of aromatic nitrogens is 4.